The van der Waals surface area contributed by atoms with Crippen molar-refractivity contribution in [2.24, 2.45) is 0 Å². The lowest BCUT2D eigenvalue weighted by molar-refractivity contribution is 0.0599. The third-order valence-corrected chi connectivity index (χ3v) is 5.53. The molecule has 3 aromatic carbocycles. The molecule has 0 spiro atoms. The van der Waals surface area contributed by atoms with Gasteiger partial charge in [0, 0.05) is 11.5 Å². The highest BCUT2D eigenvalue weighted by atomic mass is 19.1. The van der Waals surface area contributed by atoms with E-state index >= 15 is 0 Å². The number of fused-ring (bicyclic) bond motifs is 1. The van der Waals surface area contributed by atoms with E-state index in [0.29, 0.717) is 23.9 Å². The number of pyridine rings is 1. The van der Waals surface area contributed by atoms with E-state index in [1.807, 2.05) is 60.7 Å². The van der Waals surface area contributed by atoms with Gasteiger partial charge in [0.1, 0.15) is 5.82 Å². The molecular formula is C28H24FNO3. The van der Waals surface area contributed by atoms with Gasteiger partial charge in [0.15, 0.2) is 0 Å². The monoisotopic (exact) mass is 441 g/mol. The lowest BCUT2D eigenvalue weighted by Crippen LogP contribution is -2.07. The number of aromatic nitrogens is 1. The molecule has 1 N–H and O–H groups in total. The van der Waals surface area contributed by atoms with Crippen molar-refractivity contribution in [3.8, 4) is 0 Å². The standard InChI is InChI=1S/C28H24FNO3/c1-33-28(32)25-8-3-2-6-20(25)12-16-27(31)22-7-4-5-19(17-22)9-14-24-15-11-21-10-13-23(29)18-26(21)30-24/h2-11,13-15,17-18,27,31H,12,16H2,1H3/t27-/m0/s1. The molecule has 0 bridgehead atoms. The molecule has 0 unspecified atom stereocenters. The Labute approximate surface area is 192 Å². The Morgan fingerprint density at radius 3 is 2.70 bits per heavy atom. The molecule has 1 heterocycles. The van der Waals surface area contributed by atoms with E-state index in [9.17, 15) is 14.3 Å². The number of aryl methyl sites for hydroxylation is 1. The Hall–Kier alpha value is -3.83. The maximum Gasteiger partial charge on any atom is 0.338 e. The Balaban J connectivity index is 1.46. The molecule has 0 aliphatic heterocycles. The van der Waals surface area contributed by atoms with Crippen LogP contribution < -0.4 is 0 Å². The van der Waals surface area contributed by atoms with Crippen LogP contribution in [-0.4, -0.2) is 23.2 Å². The van der Waals surface area contributed by atoms with Crippen LogP contribution in [0.1, 0.15) is 45.3 Å². The molecule has 0 amide bonds. The highest BCUT2D eigenvalue weighted by molar-refractivity contribution is 5.91. The molecule has 0 fully saturated rings. The van der Waals surface area contributed by atoms with Gasteiger partial charge in [-0.15, -0.1) is 0 Å². The smallest absolute Gasteiger partial charge is 0.338 e. The van der Waals surface area contributed by atoms with Crippen LogP contribution in [0, 0.1) is 5.82 Å². The Kier molecular flexibility index (Phi) is 6.91. The molecule has 0 saturated heterocycles. The van der Waals surface area contributed by atoms with Crippen LogP contribution >= 0.6 is 0 Å². The third-order valence-electron chi connectivity index (χ3n) is 5.53. The molecule has 4 nitrogen and oxygen atoms in total. The van der Waals surface area contributed by atoms with Gasteiger partial charge < -0.3 is 9.84 Å². The minimum Gasteiger partial charge on any atom is -0.465 e. The summed E-state index contributed by atoms with van der Waals surface area (Å²) in [5, 5.41) is 11.6. The normalized spacial score (nSPS) is 12.2. The zero-order valence-electron chi connectivity index (χ0n) is 18.2. The first kappa shape index (κ1) is 22.4. The van der Waals surface area contributed by atoms with Crippen molar-refractivity contribution < 1.29 is 19.0 Å². The lowest BCUT2D eigenvalue weighted by atomic mass is 9.97. The summed E-state index contributed by atoms with van der Waals surface area (Å²) in [7, 11) is 1.36. The number of aliphatic hydroxyl groups excluding tert-OH is 1. The van der Waals surface area contributed by atoms with E-state index in [1.54, 1.807) is 18.2 Å². The highest BCUT2D eigenvalue weighted by Crippen LogP contribution is 2.23. The molecule has 0 aliphatic rings. The summed E-state index contributed by atoms with van der Waals surface area (Å²) < 4.78 is 18.3. The number of benzene rings is 3. The second-order valence-corrected chi connectivity index (χ2v) is 7.78. The fourth-order valence-corrected chi connectivity index (χ4v) is 3.76. The van der Waals surface area contributed by atoms with Crippen LogP contribution in [0.4, 0.5) is 4.39 Å². The summed E-state index contributed by atoms with van der Waals surface area (Å²) in [6, 6.07) is 23.3. The molecule has 0 aliphatic carbocycles. The number of carbonyl (C=O) groups is 1. The van der Waals surface area contributed by atoms with Gasteiger partial charge in [0.25, 0.3) is 0 Å². The number of methoxy groups -OCH3 is 1. The summed E-state index contributed by atoms with van der Waals surface area (Å²) in [4.78, 5) is 16.4. The van der Waals surface area contributed by atoms with Crippen LogP contribution in [0.2, 0.25) is 0 Å². The SMILES string of the molecule is COC(=O)c1ccccc1CC[C@H](O)c1cccc(C=Cc2ccc3ccc(F)cc3n2)c1. The number of halogens is 1. The van der Waals surface area contributed by atoms with Gasteiger partial charge in [0.2, 0.25) is 0 Å². The van der Waals surface area contributed by atoms with Gasteiger partial charge in [0.05, 0.1) is 30.0 Å². The lowest BCUT2D eigenvalue weighted by Gasteiger charge is -2.13. The summed E-state index contributed by atoms with van der Waals surface area (Å²) >= 11 is 0. The van der Waals surface area contributed by atoms with E-state index in [1.165, 1.54) is 19.2 Å². The van der Waals surface area contributed by atoms with Crippen molar-refractivity contribution in [1.82, 2.24) is 4.98 Å². The maximum atomic E-state index is 13.5. The largest absolute Gasteiger partial charge is 0.465 e. The van der Waals surface area contributed by atoms with Gasteiger partial charge in [-0.3, -0.25) is 0 Å². The Morgan fingerprint density at radius 1 is 1.03 bits per heavy atom. The third kappa shape index (κ3) is 5.51. The average Bonchev–Trinajstić information content (AvgIpc) is 2.85. The second-order valence-electron chi connectivity index (χ2n) is 7.78. The van der Waals surface area contributed by atoms with Gasteiger partial charge in [-0.1, -0.05) is 48.5 Å². The first-order valence-electron chi connectivity index (χ1n) is 10.7. The van der Waals surface area contributed by atoms with Crippen LogP contribution in [0.3, 0.4) is 0 Å². The minimum absolute atomic E-state index is 0.313. The predicted octanol–water partition coefficient (Wildman–Crippen LogP) is 6.00. The zero-order valence-corrected chi connectivity index (χ0v) is 18.2. The fraction of sp³-hybridized carbons (Fsp3) is 0.143. The van der Waals surface area contributed by atoms with Crippen molar-refractivity contribution in [3.63, 3.8) is 0 Å². The number of rotatable bonds is 7. The summed E-state index contributed by atoms with van der Waals surface area (Å²) in [6.45, 7) is 0. The van der Waals surface area contributed by atoms with Crippen molar-refractivity contribution in [1.29, 1.82) is 0 Å². The van der Waals surface area contributed by atoms with Crippen molar-refractivity contribution in [3.05, 3.63) is 113 Å². The first-order chi connectivity index (χ1) is 16.0. The van der Waals surface area contributed by atoms with Crippen molar-refractivity contribution in [2.75, 3.05) is 7.11 Å². The van der Waals surface area contributed by atoms with E-state index < -0.39 is 6.10 Å². The fourth-order valence-electron chi connectivity index (χ4n) is 3.76. The topological polar surface area (TPSA) is 59.4 Å². The molecule has 1 aromatic heterocycles. The van der Waals surface area contributed by atoms with E-state index in [-0.39, 0.29) is 11.8 Å². The number of esters is 1. The zero-order chi connectivity index (χ0) is 23.2. The quantitative estimate of drug-likeness (QED) is 0.358. The van der Waals surface area contributed by atoms with Gasteiger partial charge >= 0.3 is 5.97 Å². The molecular weight excluding hydrogens is 417 g/mol. The van der Waals surface area contributed by atoms with Crippen LogP contribution in [0.25, 0.3) is 23.1 Å². The minimum atomic E-state index is -0.675. The molecule has 4 aromatic rings. The molecule has 166 valence electrons. The molecule has 5 heteroatoms. The number of carbonyl (C=O) groups excluding carboxylic acids is 1. The number of hydrogen-bond donors (Lipinski definition) is 1. The first-order valence-corrected chi connectivity index (χ1v) is 10.7. The molecule has 1 atom stereocenters. The van der Waals surface area contributed by atoms with Gasteiger partial charge in [-0.2, -0.15) is 0 Å². The molecule has 33 heavy (non-hydrogen) atoms. The Bertz CT molecular complexity index is 1320. The average molecular weight is 442 g/mol. The number of ether oxygens (including phenoxy) is 1. The summed E-state index contributed by atoms with van der Waals surface area (Å²) in [5.74, 6) is -0.690. The molecule has 0 radical (unpaired) electrons. The van der Waals surface area contributed by atoms with Crippen LogP contribution in [0.5, 0.6) is 0 Å². The maximum absolute atomic E-state index is 13.5. The number of nitrogens with zero attached hydrogens (tertiary/aromatic N) is 1. The molecule has 4 rings (SSSR count). The van der Waals surface area contributed by atoms with Crippen LogP contribution in [0.15, 0.2) is 78.9 Å². The summed E-state index contributed by atoms with van der Waals surface area (Å²) in [6.07, 6.45) is 4.12. The number of aliphatic hydroxyl groups is 1. The van der Waals surface area contributed by atoms with Gasteiger partial charge in [-0.05, 0) is 65.9 Å². The van der Waals surface area contributed by atoms with Gasteiger partial charge in [-0.25, -0.2) is 14.2 Å². The second kappa shape index (κ2) is 10.2. The summed E-state index contributed by atoms with van der Waals surface area (Å²) in [5.41, 5.74) is 4.40. The van der Waals surface area contributed by atoms with E-state index in [2.05, 4.69) is 4.98 Å². The van der Waals surface area contributed by atoms with Crippen molar-refractivity contribution >= 4 is 29.0 Å². The van der Waals surface area contributed by atoms with Crippen LogP contribution in [-0.2, 0) is 11.2 Å². The number of hydrogen-bond acceptors (Lipinski definition) is 4. The molecule has 0 saturated carbocycles. The van der Waals surface area contributed by atoms with Crippen molar-refractivity contribution in [2.45, 2.75) is 18.9 Å². The van der Waals surface area contributed by atoms with E-state index in [4.69, 9.17) is 4.74 Å². The Morgan fingerprint density at radius 2 is 1.85 bits per heavy atom. The predicted molar refractivity (Wildman–Crippen MR) is 128 cm³/mol. The van der Waals surface area contributed by atoms with E-state index in [0.717, 1.165) is 27.8 Å². The highest BCUT2D eigenvalue weighted by Gasteiger charge is 2.14.